The van der Waals surface area contributed by atoms with Gasteiger partial charge in [-0.25, -0.2) is 4.79 Å². The molecule has 1 saturated heterocycles. The number of likely N-dealkylation sites (tertiary alicyclic amines) is 1. The van der Waals surface area contributed by atoms with Crippen molar-refractivity contribution >= 4 is 6.03 Å². The van der Waals surface area contributed by atoms with E-state index in [0.29, 0.717) is 12.5 Å². The summed E-state index contributed by atoms with van der Waals surface area (Å²) in [5.41, 5.74) is 0. The largest absolute Gasteiger partial charge is 0.383 e. The molecular weight excluding hydrogens is 230 g/mol. The van der Waals surface area contributed by atoms with Crippen molar-refractivity contribution in [2.75, 3.05) is 53.5 Å². The summed E-state index contributed by atoms with van der Waals surface area (Å²) in [5, 5.41) is 2.98. The van der Waals surface area contributed by atoms with Crippen LogP contribution >= 0.6 is 0 Å². The van der Waals surface area contributed by atoms with E-state index in [1.165, 1.54) is 6.42 Å². The van der Waals surface area contributed by atoms with E-state index in [-0.39, 0.29) is 6.03 Å². The SMILES string of the molecule is COCCN(C)CCNC(=O)N1CCCC(C)C1. The van der Waals surface area contributed by atoms with Crippen LogP contribution in [0.4, 0.5) is 4.79 Å². The lowest BCUT2D eigenvalue weighted by Crippen LogP contribution is -2.46. The first-order valence-electron chi connectivity index (χ1n) is 6.83. The zero-order valence-electron chi connectivity index (χ0n) is 11.9. The fourth-order valence-electron chi connectivity index (χ4n) is 2.20. The van der Waals surface area contributed by atoms with Crippen molar-refractivity contribution in [3.05, 3.63) is 0 Å². The van der Waals surface area contributed by atoms with E-state index in [1.54, 1.807) is 7.11 Å². The van der Waals surface area contributed by atoms with Crippen molar-refractivity contribution in [2.24, 2.45) is 5.92 Å². The molecule has 1 N–H and O–H groups in total. The molecule has 0 aliphatic carbocycles. The molecule has 1 atom stereocenters. The smallest absolute Gasteiger partial charge is 0.317 e. The second kappa shape index (κ2) is 8.32. The molecule has 106 valence electrons. The summed E-state index contributed by atoms with van der Waals surface area (Å²) >= 11 is 0. The Bertz CT molecular complexity index is 248. The molecule has 18 heavy (non-hydrogen) atoms. The predicted molar refractivity (Wildman–Crippen MR) is 72.7 cm³/mol. The van der Waals surface area contributed by atoms with E-state index in [0.717, 1.165) is 39.2 Å². The molecule has 2 amide bonds. The number of ether oxygens (including phenoxy) is 1. The zero-order valence-corrected chi connectivity index (χ0v) is 11.9. The number of hydrogen-bond donors (Lipinski definition) is 1. The minimum atomic E-state index is 0.0849. The van der Waals surface area contributed by atoms with Crippen LogP contribution in [0, 0.1) is 5.92 Å². The minimum Gasteiger partial charge on any atom is -0.383 e. The lowest BCUT2D eigenvalue weighted by molar-refractivity contribution is 0.157. The number of likely N-dealkylation sites (N-methyl/N-ethyl adjacent to an activating group) is 1. The lowest BCUT2D eigenvalue weighted by atomic mass is 10.0. The Kier molecular flexibility index (Phi) is 7.05. The standard InChI is InChI=1S/C13H27N3O2/c1-12-5-4-7-16(11-12)13(17)14-6-8-15(2)9-10-18-3/h12H,4-11H2,1-3H3,(H,14,17). The van der Waals surface area contributed by atoms with Crippen molar-refractivity contribution in [3.63, 3.8) is 0 Å². The van der Waals surface area contributed by atoms with E-state index < -0.39 is 0 Å². The minimum absolute atomic E-state index is 0.0849. The topological polar surface area (TPSA) is 44.8 Å². The van der Waals surface area contributed by atoms with Gasteiger partial charge in [0.1, 0.15) is 0 Å². The summed E-state index contributed by atoms with van der Waals surface area (Å²) < 4.78 is 5.01. The van der Waals surface area contributed by atoms with E-state index in [2.05, 4.69) is 17.1 Å². The quantitative estimate of drug-likeness (QED) is 0.772. The monoisotopic (exact) mass is 257 g/mol. The Morgan fingerprint density at radius 2 is 2.28 bits per heavy atom. The first-order chi connectivity index (χ1) is 8.63. The number of hydrogen-bond acceptors (Lipinski definition) is 3. The molecule has 0 aromatic heterocycles. The van der Waals surface area contributed by atoms with Gasteiger partial charge in [0.05, 0.1) is 6.61 Å². The van der Waals surface area contributed by atoms with E-state index in [4.69, 9.17) is 4.74 Å². The Balaban J connectivity index is 2.12. The highest BCUT2D eigenvalue weighted by Crippen LogP contribution is 2.14. The third-order valence-corrected chi connectivity index (χ3v) is 3.39. The van der Waals surface area contributed by atoms with Crippen LogP contribution in [0.2, 0.25) is 0 Å². The van der Waals surface area contributed by atoms with Gasteiger partial charge in [0.2, 0.25) is 0 Å². The summed E-state index contributed by atoms with van der Waals surface area (Å²) in [6.45, 7) is 7.18. The highest BCUT2D eigenvalue weighted by atomic mass is 16.5. The van der Waals surface area contributed by atoms with Gasteiger partial charge in [0.25, 0.3) is 0 Å². The third kappa shape index (κ3) is 5.69. The average molecular weight is 257 g/mol. The Labute approximate surface area is 110 Å². The number of nitrogens with one attached hydrogen (secondary N) is 1. The van der Waals surface area contributed by atoms with Crippen LogP contribution < -0.4 is 5.32 Å². The van der Waals surface area contributed by atoms with Crippen molar-refractivity contribution in [1.29, 1.82) is 0 Å². The van der Waals surface area contributed by atoms with Crippen molar-refractivity contribution in [1.82, 2.24) is 15.1 Å². The highest BCUT2D eigenvalue weighted by Gasteiger charge is 2.20. The summed E-state index contributed by atoms with van der Waals surface area (Å²) in [4.78, 5) is 16.0. The van der Waals surface area contributed by atoms with Gasteiger partial charge in [-0.1, -0.05) is 6.92 Å². The van der Waals surface area contributed by atoms with Gasteiger partial charge in [-0.3, -0.25) is 0 Å². The zero-order chi connectivity index (χ0) is 13.4. The maximum atomic E-state index is 11.9. The number of methoxy groups -OCH3 is 1. The van der Waals surface area contributed by atoms with Crippen molar-refractivity contribution < 1.29 is 9.53 Å². The number of amides is 2. The maximum Gasteiger partial charge on any atom is 0.317 e. The summed E-state index contributed by atoms with van der Waals surface area (Å²) in [5.74, 6) is 0.633. The molecule has 1 unspecified atom stereocenters. The van der Waals surface area contributed by atoms with Gasteiger partial charge in [-0.05, 0) is 25.8 Å². The highest BCUT2D eigenvalue weighted by molar-refractivity contribution is 5.74. The lowest BCUT2D eigenvalue weighted by Gasteiger charge is -2.31. The molecule has 0 bridgehead atoms. The molecule has 0 spiro atoms. The molecule has 1 rings (SSSR count). The molecule has 0 aromatic carbocycles. The number of urea groups is 1. The maximum absolute atomic E-state index is 11.9. The Morgan fingerprint density at radius 1 is 1.50 bits per heavy atom. The van der Waals surface area contributed by atoms with E-state index in [1.807, 2.05) is 11.9 Å². The van der Waals surface area contributed by atoms with Gasteiger partial charge >= 0.3 is 6.03 Å². The van der Waals surface area contributed by atoms with Crippen LogP contribution in [0.3, 0.4) is 0 Å². The van der Waals surface area contributed by atoms with Crippen LogP contribution in [0.15, 0.2) is 0 Å². The van der Waals surface area contributed by atoms with Crippen LogP contribution in [0.25, 0.3) is 0 Å². The molecular formula is C13H27N3O2. The summed E-state index contributed by atoms with van der Waals surface area (Å²) in [6.07, 6.45) is 2.37. The Morgan fingerprint density at radius 3 is 2.94 bits per heavy atom. The van der Waals surface area contributed by atoms with Gasteiger partial charge in [-0.2, -0.15) is 0 Å². The van der Waals surface area contributed by atoms with Crippen LogP contribution in [0.5, 0.6) is 0 Å². The Hall–Kier alpha value is -0.810. The van der Waals surface area contributed by atoms with Crippen LogP contribution in [0.1, 0.15) is 19.8 Å². The molecule has 1 aliphatic heterocycles. The molecule has 0 radical (unpaired) electrons. The number of piperidine rings is 1. The van der Waals surface area contributed by atoms with E-state index >= 15 is 0 Å². The fraction of sp³-hybridized carbons (Fsp3) is 0.923. The molecule has 1 fully saturated rings. The normalized spacial score (nSPS) is 20.2. The molecule has 0 aromatic rings. The average Bonchev–Trinajstić information content (AvgIpc) is 2.36. The fourth-order valence-corrected chi connectivity index (χ4v) is 2.20. The van der Waals surface area contributed by atoms with Gasteiger partial charge in [0.15, 0.2) is 0 Å². The summed E-state index contributed by atoms with van der Waals surface area (Å²) in [7, 11) is 3.74. The molecule has 1 heterocycles. The number of carbonyl (C=O) groups is 1. The molecule has 0 saturated carbocycles. The molecule has 1 aliphatic rings. The predicted octanol–water partition coefficient (Wildman–Crippen LogP) is 1.01. The van der Waals surface area contributed by atoms with Gasteiger partial charge in [-0.15, -0.1) is 0 Å². The van der Waals surface area contributed by atoms with E-state index in [9.17, 15) is 4.79 Å². The summed E-state index contributed by atoms with van der Waals surface area (Å²) in [6, 6.07) is 0.0849. The molecule has 5 nitrogen and oxygen atoms in total. The third-order valence-electron chi connectivity index (χ3n) is 3.39. The van der Waals surface area contributed by atoms with Crippen LogP contribution in [-0.2, 0) is 4.74 Å². The second-order valence-corrected chi connectivity index (χ2v) is 5.22. The number of carbonyl (C=O) groups excluding carboxylic acids is 1. The second-order valence-electron chi connectivity index (χ2n) is 5.22. The number of nitrogens with zero attached hydrogens (tertiary/aromatic N) is 2. The molecule has 5 heteroatoms. The van der Waals surface area contributed by atoms with Gasteiger partial charge in [0, 0.05) is 39.8 Å². The van der Waals surface area contributed by atoms with Crippen molar-refractivity contribution in [2.45, 2.75) is 19.8 Å². The van der Waals surface area contributed by atoms with Gasteiger partial charge < -0.3 is 19.9 Å². The number of rotatable bonds is 6. The van der Waals surface area contributed by atoms with Crippen molar-refractivity contribution in [3.8, 4) is 0 Å². The first-order valence-corrected chi connectivity index (χ1v) is 6.83. The first kappa shape index (κ1) is 15.2. The van der Waals surface area contributed by atoms with Crippen LogP contribution in [-0.4, -0.2) is 69.3 Å².